The Morgan fingerprint density at radius 1 is 1.28 bits per heavy atom. The molecule has 0 amide bonds. The number of hydrogen-bond acceptors (Lipinski definition) is 5. The standard InChI is InChI=1S/C18H16N6O/c1-11-15-16(14(9-19)18(25)21-17(15)23(2)22-11)12-3-5-13(6-4-12)24-8-7-20-10-24/h3-8,10,16,21,25H,1-2H3. The molecule has 0 fully saturated rings. The fraction of sp³-hybridized carbons (Fsp3) is 0.167. The molecule has 2 N–H and O–H groups in total. The number of aryl methyl sites for hydroxylation is 2. The summed E-state index contributed by atoms with van der Waals surface area (Å²) in [7, 11) is 1.81. The van der Waals surface area contributed by atoms with Crippen molar-refractivity contribution in [3.05, 3.63) is 71.3 Å². The molecule has 1 aromatic carbocycles. The highest BCUT2D eigenvalue weighted by atomic mass is 16.3. The van der Waals surface area contributed by atoms with Gasteiger partial charge < -0.3 is 15.0 Å². The topological polar surface area (TPSA) is 91.7 Å². The van der Waals surface area contributed by atoms with Crippen molar-refractivity contribution in [2.24, 2.45) is 7.05 Å². The van der Waals surface area contributed by atoms with Crippen LogP contribution in [0.4, 0.5) is 5.82 Å². The largest absolute Gasteiger partial charge is 0.494 e. The number of nitrogens with zero attached hydrogens (tertiary/aromatic N) is 5. The van der Waals surface area contributed by atoms with Crippen molar-refractivity contribution >= 4 is 5.82 Å². The summed E-state index contributed by atoms with van der Waals surface area (Å²) in [6.07, 6.45) is 5.32. The maximum atomic E-state index is 10.3. The highest BCUT2D eigenvalue weighted by Crippen LogP contribution is 2.42. The molecule has 3 heterocycles. The van der Waals surface area contributed by atoms with E-state index in [-0.39, 0.29) is 11.8 Å². The van der Waals surface area contributed by atoms with Crippen LogP contribution in [-0.4, -0.2) is 24.4 Å². The van der Waals surface area contributed by atoms with Crippen LogP contribution < -0.4 is 5.32 Å². The second kappa shape index (κ2) is 5.53. The number of hydrogen-bond donors (Lipinski definition) is 2. The number of allylic oxidation sites excluding steroid dienone is 1. The third kappa shape index (κ3) is 2.27. The van der Waals surface area contributed by atoms with E-state index in [1.54, 1.807) is 17.2 Å². The maximum Gasteiger partial charge on any atom is 0.204 e. The Hall–Kier alpha value is -3.53. The molecular weight excluding hydrogens is 316 g/mol. The molecule has 1 aliphatic rings. The minimum Gasteiger partial charge on any atom is -0.494 e. The SMILES string of the molecule is Cc1nn(C)c2c1C(c1ccc(-n3ccnc3)cc1)C(C#N)=C(O)N2. The van der Waals surface area contributed by atoms with Crippen LogP contribution in [0.25, 0.3) is 5.69 Å². The second-order valence-corrected chi connectivity index (χ2v) is 5.96. The van der Waals surface area contributed by atoms with Gasteiger partial charge in [-0.05, 0) is 24.6 Å². The Morgan fingerprint density at radius 2 is 2.04 bits per heavy atom. The smallest absolute Gasteiger partial charge is 0.204 e. The average Bonchev–Trinajstić information content (AvgIpc) is 3.23. The maximum absolute atomic E-state index is 10.3. The number of aromatic nitrogens is 4. The van der Waals surface area contributed by atoms with E-state index in [4.69, 9.17) is 0 Å². The Labute approximate surface area is 144 Å². The summed E-state index contributed by atoms with van der Waals surface area (Å²) in [4.78, 5) is 4.05. The van der Waals surface area contributed by atoms with Crippen molar-refractivity contribution in [3.8, 4) is 11.8 Å². The Bertz CT molecular complexity index is 1010. The van der Waals surface area contributed by atoms with Crippen LogP contribution in [0.3, 0.4) is 0 Å². The third-order valence-electron chi connectivity index (χ3n) is 4.49. The van der Waals surface area contributed by atoms with Crippen LogP contribution in [-0.2, 0) is 7.05 Å². The van der Waals surface area contributed by atoms with Gasteiger partial charge in [0.25, 0.3) is 0 Å². The molecule has 1 unspecified atom stereocenters. The minimum absolute atomic E-state index is 0.123. The zero-order valence-corrected chi connectivity index (χ0v) is 13.8. The van der Waals surface area contributed by atoms with E-state index < -0.39 is 0 Å². The molecule has 1 atom stereocenters. The normalized spacial score (nSPS) is 16.3. The van der Waals surface area contributed by atoms with Gasteiger partial charge in [0.1, 0.15) is 17.5 Å². The van der Waals surface area contributed by atoms with Gasteiger partial charge in [-0.15, -0.1) is 0 Å². The molecule has 25 heavy (non-hydrogen) atoms. The molecule has 1 aliphatic heterocycles. The lowest BCUT2D eigenvalue weighted by Gasteiger charge is -2.25. The molecule has 0 saturated carbocycles. The van der Waals surface area contributed by atoms with Crippen molar-refractivity contribution in [2.45, 2.75) is 12.8 Å². The number of aliphatic hydroxyl groups excluding tert-OH is 1. The van der Waals surface area contributed by atoms with E-state index in [0.717, 1.165) is 22.5 Å². The number of aliphatic hydroxyl groups is 1. The third-order valence-corrected chi connectivity index (χ3v) is 4.49. The monoisotopic (exact) mass is 332 g/mol. The number of imidazole rings is 1. The first-order valence-electron chi connectivity index (χ1n) is 7.82. The Balaban J connectivity index is 1.85. The summed E-state index contributed by atoms with van der Waals surface area (Å²) in [6.45, 7) is 1.91. The van der Waals surface area contributed by atoms with Gasteiger partial charge in [0, 0.05) is 30.7 Å². The van der Waals surface area contributed by atoms with Gasteiger partial charge in [0.15, 0.2) is 0 Å². The van der Waals surface area contributed by atoms with Crippen molar-refractivity contribution < 1.29 is 5.11 Å². The molecule has 7 heteroatoms. The lowest BCUT2D eigenvalue weighted by atomic mass is 9.83. The van der Waals surface area contributed by atoms with Crippen LogP contribution in [0.2, 0.25) is 0 Å². The quantitative estimate of drug-likeness (QED) is 0.753. The van der Waals surface area contributed by atoms with E-state index >= 15 is 0 Å². The summed E-state index contributed by atoms with van der Waals surface area (Å²) in [5.74, 6) is 0.228. The number of nitrogens with one attached hydrogen (secondary N) is 1. The van der Waals surface area contributed by atoms with Crippen LogP contribution in [0.15, 0.2) is 54.4 Å². The van der Waals surface area contributed by atoms with Crippen molar-refractivity contribution in [1.29, 1.82) is 5.26 Å². The van der Waals surface area contributed by atoms with Gasteiger partial charge in [-0.2, -0.15) is 10.4 Å². The van der Waals surface area contributed by atoms with E-state index in [2.05, 4.69) is 21.5 Å². The van der Waals surface area contributed by atoms with Gasteiger partial charge in [-0.25, -0.2) is 4.98 Å². The fourth-order valence-corrected chi connectivity index (χ4v) is 3.33. The molecule has 4 rings (SSSR count). The first-order valence-corrected chi connectivity index (χ1v) is 7.82. The molecule has 0 spiro atoms. The lowest BCUT2D eigenvalue weighted by Crippen LogP contribution is -2.19. The first kappa shape index (κ1) is 15.0. The Morgan fingerprint density at radius 3 is 2.68 bits per heavy atom. The molecule has 0 radical (unpaired) electrons. The van der Waals surface area contributed by atoms with Gasteiger partial charge >= 0.3 is 0 Å². The van der Waals surface area contributed by atoms with Gasteiger partial charge in [0.2, 0.25) is 5.88 Å². The summed E-state index contributed by atoms with van der Waals surface area (Å²) < 4.78 is 3.59. The van der Waals surface area contributed by atoms with E-state index in [1.165, 1.54) is 0 Å². The summed E-state index contributed by atoms with van der Waals surface area (Å²) in [5.41, 5.74) is 3.93. The van der Waals surface area contributed by atoms with Crippen LogP contribution >= 0.6 is 0 Å². The molecule has 0 saturated heterocycles. The van der Waals surface area contributed by atoms with E-state index in [9.17, 15) is 10.4 Å². The van der Waals surface area contributed by atoms with Crippen molar-refractivity contribution in [1.82, 2.24) is 19.3 Å². The fourth-order valence-electron chi connectivity index (χ4n) is 3.33. The highest BCUT2D eigenvalue weighted by Gasteiger charge is 2.34. The van der Waals surface area contributed by atoms with Crippen LogP contribution in [0, 0.1) is 18.3 Å². The van der Waals surface area contributed by atoms with Gasteiger partial charge in [-0.3, -0.25) is 4.68 Å². The zero-order chi connectivity index (χ0) is 17.6. The predicted octanol–water partition coefficient (Wildman–Crippen LogP) is 2.76. The molecular formula is C18H16N6O. The van der Waals surface area contributed by atoms with Crippen molar-refractivity contribution in [3.63, 3.8) is 0 Å². The first-order chi connectivity index (χ1) is 12.1. The van der Waals surface area contributed by atoms with Gasteiger partial charge in [-0.1, -0.05) is 12.1 Å². The highest BCUT2D eigenvalue weighted by molar-refractivity contribution is 5.65. The molecule has 3 aromatic rings. The molecule has 124 valence electrons. The molecule has 2 aromatic heterocycles. The second-order valence-electron chi connectivity index (χ2n) is 5.96. The number of nitriles is 1. The van der Waals surface area contributed by atoms with E-state index in [0.29, 0.717) is 11.4 Å². The number of rotatable bonds is 2. The molecule has 0 aliphatic carbocycles. The lowest BCUT2D eigenvalue weighted by molar-refractivity contribution is 0.407. The summed E-state index contributed by atoms with van der Waals surface area (Å²) in [5, 5.41) is 27.2. The number of anilines is 1. The number of benzene rings is 1. The van der Waals surface area contributed by atoms with Gasteiger partial charge in [0.05, 0.1) is 17.9 Å². The summed E-state index contributed by atoms with van der Waals surface area (Å²) in [6, 6.07) is 10.0. The van der Waals surface area contributed by atoms with Crippen molar-refractivity contribution in [2.75, 3.05) is 5.32 Å². The predicted molar refractivity (Wildman–Crippen MR) is 92.2 cm³/mol. The van der Waals surface area contributed by atoms with Crippen LogP contribution in [0.1, 0.15) is 22.7 Å². The molecule has 7 nitrogen and oxygen atoms in total. The van der Waals surface area contributed by atoms with Crippen LogP contribution in [0.5, 0.6) is 0 Å². The molecule has 0 bridgehead atoms. The zero-order valence-electron chi connectivity index (χ0n) is 13.8. The average molecular weight is 332 g/mol. The Kier molecular flexibility index (Phi) is 3.32. The minimum atomic E-state index is -0.355. The number of fused-ring (bicyclic) bond motifs is 1. The summed E-state index contributed by atoms with van der Waals surface area (Å²) >= 11 is 0. The van der Waals surface area contributed by atoms with E-state index in [1.807, 2.05) is 49.0 Å².